The van der Waals surface area contributed by atoms with E-state index in [9.17, 15) is 0 Å². The van der Waals surface area contributed by atoms with E-state index in [2.05, 4.69) is 86.2 Å². The molecule has 0 saturated heterocycles. The molecule has 0 aliphatic heterocycles. The highest BCUT2D eigenvalue weighted by atomic mass is 32.1. The molecule has 0 atom stereocenters. The minimum Gasteiger partial charge on any atom is -0.342 e. The third-order valence-electron chi connectivity index (χ3n) is 6.55. The Labute approximate surface area is 205 Å². The summed E-state index contributed by atoms with van der Waals surface area (Å²) in [6.07, 6.45) is 5.41. The lowest BCUT2D eigenvalue weighted by Gasteiger charge is -2.06. The average Bonchev–Trinajstić information content (AvgIpc) is 3.61. The lowest BCUT2D eigenvalue weighted by Crippen LogP contribution is -1.89. The molecule has 0 fully saturated rings. The van der Waals surface area contributed by atoms with Crippen molar-refractivity contribution in [2.45, 2.75) is 26.7 Å². The molecule has 0 aliphatic rings. The van der Waals surface area contributed by atoms with Crippen molar-refractivity contribution in [3.05, 3.63) is 72.7 Å². The van der Waals surface area contributed by atoms with E-state index in [1.165, 1.54) is 20.5 Å². The van der Waals surface area contributed by atoms with Crippen LogP contribution in [0.4, 0.5) is 0 Å². The third kappa shape index (κ3) is 3.15. The van der Waals surface area contributed by atoms with E-state index in [1.54, 1.807) is 23.7 Å². The minimum atomic E-state index is 0.376. The topological polar surface area (TPSA) is 83.1 Å². The van der Waals surface area contributed by atoms with Gasteiger partial charge in [0, 0.05) is 44.2 Å². The highest BCUT2D eigenvalue weighted by Gasteiger charge is 2.15. The molecule has 7 heteroatoms. The van der Waals surface area contributed by atoms with Gasteiger partial charge in [-0.15, -0.1) is 11.3 Å². The van der Waals surface area contributed by atoms with Gasteiger partial charge in [-0.2, -0.15) is 0 Å². The summed E-state index contributed by atoms with van der Waals surface area (Å²) >= 11 is 1.80. The molecule has 0 amide bonds. The van der Waals surface area contributed by atoms with Crippen LogP contribution in [0.15, 0.2) is 61.1 Å². The standard InChI is InChI=1S/C28H22N6S/c1-14(2)28-31-13-21(34-28)16-4-5-18-12-23(35-22(18)11-16)17-6-7-19-20(10-17)24-26(30-9-8-29-24)27-25(19)32-15(3)33-27/h4-14H,1-3H3,(H,31,34)(H,32,33). The van der Waals surface area contributed by atoms with Crippen LogP contribution in [-0.2, 0) is 0 Å². The van der Waals surface area contributed by atoms with Crippen LogP contribution in [-0.4, -0.2) is 29.9 Å². The summed E-state index contributed by atoms with van der Waals surface area (Å²) < 4.78 is 1.25. The van der Waals surface area contributed by atoms with Crippen LogP contribution in [0.1, 0.15) is 31.4 Å². The Kier molecular flexibility index (Phi) is 4.32. The normalized spacial score (nSPS) is 12.1. The highest BCUT2D eigenvalue weighted by Crippen LogP contribution is 2.39. The first-order valence-electron chi connectivity index (χ1n) is 11.7. The van der Waals surface area contributed by atoms with Crippen molar-refractivity contribution in [3.63, 3.8) is 0 Å². The van der Waals surface area contributed by atoms with Crippen molar-refractivity contribution < 1.29 is 0 Å². The number of fused-ring (bicyclic) bond motifs is 7. The zero-order chi connectivity index (χ0) is 23.7. The summed E-state index contributed by atoms with van der Waals surface area (Å²) in [5, 5.41) is 3.43. The number of thiophene rings is 1. The molecule has 4 aromatic heterocycles. The summed E-state index contributed by atoms with van der Waals surface area (Å²) in [7, 11) is 0. The van der Waals surface area contributed by atoms with E-state index < -0.39 is 0 Å². The zero-order valence-electron chi connectivity index (χ0n) is 19.5. The lowest BCUT2D eigenvalue weighted by molar-refractivity contribution is 0.795. The fraction of sp³-hybridized carbons (Fsp3) is 0.143. The molecule has 35 heavy (non-hydrogen) atoms. The first kappa shape index (κ1) is 20.3. The van der Waals surface area contributed by atoms with Crippen molar-refractivity contribution in [2.75, 3.05) is 0 Å². The number of aryl methyl sites for hydroxylation is 1. The van der Waals surface area contributed by atoms with Crippen LogP contribution in [0.25, 0.3) is 64.6 Å². The van der Waals surface area contributed by atoms with Crippen molar-refractivity contribution in [1.29, 1.82) is 0 Å². The second-order valence-electron chi connectivity index (χ2n) is 9.26. The Bertz CT molecular complexity index is 1910. The van der Waals surface area contributed by atoms with Gasteiger partial charge in [-0.25, -0.2) is 9.97 Å². The predicted octanol–water partition coefficient (Wildman–Crippen LogP) is 7.36. The summed E-state index contributed by atoms with van der Waals surface area (Å²) in [5.41, 5.74) is 6.98. The molecule has 0 unspecified atom stereocenters. The van der Waals surface area contributed by atoms with E-state index in [0.29, 0.717) is 5.92 Å². The van der Waals surface area contributed by atoms with E-state index >= 15 is 0 Å². The van der Waals surface area contributed by atoms with Crippen LogP contribution in [0.5, 0.6) is 0 Å². The van der Waals surface area contributed by atoms with Gasteiger partial charge in [-0.3, -0.25) is 9.97 Å². The van der Waals surface area contributed by atoms with Gasteiger partial charge in [0.15, 0.2) is 0 Å². The van der Waals surface area contributed by atoms with Crippen LogP contribution in [0.3, 0.4) is 0 Å². The Morgan fingerprint density at radius 3 is 2.46 bits per heavy atom. The van der Waals surface area contributed by atoms with Gasteiger partial charge in [-0.1, -0.05) is 38.1 Å². The average molecular weight is 475 g/mol. The Hall–Kier alpha value is -4.10. The maximum Gasteiger partial charge on any atom is 0.117 e. The van der Waals surface area contributed by atoms with E-state index in [4.69, 9.17) is 0 Å². The molecule has 0 spiro atoms. The van der Waals surface area contributed by atoms with Crippen molar-refractivity contribution in [1.82, 2.24) is 29.9 Å². The first-order chi connectivity index (χ1) is 17.0. The van der Waals surface area contributed by atoms with E-state index in [1.807, 2.05) is 13.1 Å². The van der Waals surface area contributed by atoms with Crippen molar-refractivity contribution in [2.24, 2.45) is 0 Å². The number of hydrogen-bond acceptors (Lipinski definition) is 5. The van der Waals surface area contributed by atoms with Gasteiger partial charge < -0.3 is 9.97 Å². The molecule has 170 valence electrons. The number of aromatic nitrogens is 6. The number of benzene rings is 3. The minimum absolute atomic E-state index is 0.376. The Balaban J connectivity index is 1.38. The fourth-order valence-corrected chi connectivity index (χ4v) is 5.89. The summed E-state index contributed by atoms with van der Waals surface area (Å²) in [6, 6.07) is 15.5. The summed E-state index contributed by atoms with van der Waals surface area (Å²) in [6.45, 7) is 6.27. The van der Waals surface area contributed by atoms with E-state index in [0.717, 1.165) is 55.7 Å². The molecule has 0 bridgehead atoms. The van der Waals surface area contributed by atoms with Crippen LogP contribution >= 0.6 is 11.3 Å². The first-order valence-corrected chi connectivity index (χ1v) is 12.5. The summed E-state index contributed by atoms with van der Waals surface area (Å²) in [5.74, 6) is 2.27. The number of H-pyrrole nitrogens is 2. The predicted molar refractivity (Wildman–Crippen MR) is 144 cm³/mol. The fourth-order valence-electron chi connectivity index (χ4n) is 4.80. The smallest absolute Gasteiger partial charge is 0.117 e. The number of nitrogens with one attached hydrogen (secondary N) is 2. The largest absolute Gasteiger partial charge is 0.342 e. The monoisotopic (exact) mass is 474 g/mol. The molecule has 3 aromatic carbocycles. The van der Waals surface area contributed by atoms with E-state index in [-0.39, 0.29) is 0 Å². The number of rotatable bonds is 3. The van der Waals surface area contributed by atoms with Crippen molar-refractivity contribution >= 4 is 54.3 Å². The Morgan fingerprint density at radius 1 is 0.800 bits per heavy atom. The Morgan fingerprint density at radius 2 is 1.63 bits per heavy atom. The third-order valence-corrected chi connectivity index (χ3v) is 7.69. The molecule has 0 saturated carbocycles. The molecule has 7 rings (SSSR count). The van der Waals surface area contributed by atoms with Gasteiger partial charge in [0.05, 0.1) is 22.9 Å². The van der Waals surface area contributed by atoms with Crippen molar-refractivity contribution in [3.8, 4) is 21.7 Å². The second kappa shape index (κ2) is 7.45. The number of imidazole rings is 2. The molecule has 2 N–H and O–H groups in total. The van der Waals surface area contributed by atoms with Crippen LogP contribution in [0.2, 0.25) is 0 Å². The highest BCUT2D eigenvalue weighted by molar-refractivity contribution is 7.22. The van der Waals surface area contributed by atoms with Crippen LogP contribution in [0, 0.1) is 6.92 Å². The van der Waals surface area contributed by atoms with Gasteiger partial charge in [-0.05, 0) is 36.1 Å². The van der Waals surface area contributed by atoms with Gasteiger partial charge in [0.2, 0.25) is 0 Å². The van der Waals surface area contributed by atoms with Gasteiger partial charge in [0.1, 0.15) is 22.7 Å². The number of hydrogen-bond donors (Lipinski definition) is 2. The number of nitrogens with zero attached hydrogens (tertiary/aromatic N) is 4. The lowest BCUT2D eigenvalue weighted by atomic mass is 10.0. The molecule has 0 aliphatic carbocycles. The molecule has 0 radical (unpaired) electrons. The molecular formula is C28H22N6S. The molecule has 7 aromatic rings. The second-order valence-corrected chi connectivity index (χ2v) is 10.3. The quantitative estimate of drug-likeness (QED) is 0.262. The maximum absolute atomic E-state index is 4.68. The molecule has 4 heterocycles. The van der Waals surface area contributed by atoms with Crippen LogP contribution < -0.4 is 0 Å². The molecular weight excluding hydrogens is 452 g/mol. The zero-order valence-corrected chi connectivity index (χ0v) is 20.4. The SMILES string of the molecule is Cc1nc2c3nccnc3c3cc(-c4cc5ccc(-c6cnc(C(C)C)[nH]6)cc5s4)ccc3c2[nH]1. The van der Waals surface area contributed by atoms with Gasteiger partial charge >= 0.3 is 0 Å². The maximum atomic E-state index is 4.68. The van der Waals surface area contributed by atoms with Gasteiger partial charge in [0.25, 0.3) is 0 Å². The molecule has 6 nitrogen and oxygen atoms in total. The number of aromatic amines is 2. The summed E-state index contributed by atoms with van der Waals surface area (Å²) in [4.78, 5) is 26.6.